The van der Waals surface area contributed by atoms with Crippen LogP contribution in [-0.4, -0.2) is 49.4 Å². The zero-order valence-electron chi connectivity index (χ0n) is 10.8. The summed E-state index contributed by atoms with van der Waals surface area (Å²) < 4.78 is 1.58. The zero-order chi connectivity index (χ0) is 14.5. The summed E-state index contributed by atoms with van der Waals surface area (Å²) in [5.41, 5.74) is 0.515. The Labute approximate surface area is 134 Å². The first kappa shape index (κ1) is 15.5. The Bertz CT molecular complexity index is 516. The summed E-state index contributed by atoms with van der Waals surface area (Å²) in [4.78, 5) is 25.7. The summed E-state index contributed by atoms with van der Waals surface area (Å²) in [6, 6.07) is 5.30. The van der Waals surface area contributed by atoms with Crippen LogP contribution in [0.25, 0.3) is 0 Å². The van der Waals surface area contributed by atoms with E-state index in [2.05, 4.69) is 42.5 Å². The molecule has 0 saturated carbocycles. The Kier molecular flexibility index (Phi) is 5.56. The minimum absolute atomic E-state index is 0.0291. The van der Waals surface area contributed by atoms with E-state index in [-0.39, 0.29) is 18.4 Å². The summed E-state index contributed by atoms with van der Waals surface area (Å²) in [7, 11) is 0. The quantitative estimate of drug-likeness (QED) is 0.799. The number of hydrogen-bond acceptors (Lipinski definition) is 3. The average molecular weight is 405 g/mol. The Morgan fingerprint density at radius 2 is 1.95 bits per heavy atom. The molecule has 20 heavy (non-hydrogen) atoms. The van der Waals surface area contributed by atoms with Crippen molar-refractivity contribution in [2.75, 3.05) is 32.7 Å². The highest BCUT2D eigenvalue weighted by atomic mass is 79.9. The predicted octanol–water partition coefficient (Wildman–Crippen LogP) is 1.37. The highest BCUT2D eigenvalue weighted by Crippen LogP contribution is 2.21. The number of nitrogens with one attached hydrogen (secondary N) is 2. The van der Waals surface area contributed by atoms with Crippen LogP contribution >= 0.6 is 31.9 Å². The molecule has 1 heterocycles. The molecule has 0 bridgehead atoms. The molecule has 2 N–H and O–H groups in total. The molecule has 1 saturated heterocycles. The standard InChI is InChI=1S/C13H15Br2N3O2/c14-9-1-2-10(11(15)7-9)13(20)17-8-12(19)18-5-3-16-4-6-18/h1-2,7,16H,3-6,8H2,(H,17,20). The lowest BCUT2D eigenvalue weighted by molar-refractivity contribution is -0.130. The van der Waals surface area contributed by atoms with Gasteiger partial charge in [-0.25, -0.2) is 0 Å². The predicted molar refractivity (Wildman–Crippen MR) is 83.6 cm³/mol. The van der Waals surface area contributed by atoms with Crippen molar-refractivity contribution in [3.63, 3.8) is 0 Å². The molecule has 5 nitrogen and oxygen atoms in total. The highest BCUT2D eigenvalue weighted by Gasteiger charge is 2.17. The first-order valence-corrected chi connectivity index (χ1v) is 7.88. The van der Waals surface area contributed by atoms with Crippen LogP contribution in [-0.2, 0) is 4.79 Å². The second kappa shape index (κ2) is 7.19. The highest BCUT2D eigenvalue weighted by molar-refractivity contribution is 9.11. The van der Waals surface area contributed by atoms with Gasteiger partial charge in [0.1, 0.15) is 0 Å². The van der Waals surface area contributed by atoms with E-state index in [9.17, 15) is 9.59 Å². The van der Waals surface area contributed by atoms with E-state index >= 15 is 0 Å². The summed E-state index contributed by atoms with van der Waals surface area (Å²) >= 11 is 6.67. The molecule has 0 atom stereocenters. The number of benzene rings is 1. The van der Waals surface area contributed by atoms with Crippen LogP contribution in [0.5, 0.6) is 0 Å². The molecule has 0 unspecified atom stereocenters. The van der Waals surface area contributed by atoms with Crippen LogP contribution in [0.4, 0.5) is 0 Å². The lowest BCUT2D eigenvalue weighted by atomic mass is 10.2. The third-order valence-electron chi connectivity index (χ3n) is 3.05. The number of amides is 2. The van der Waals surface area contributed by atoms with E-state index in [1.165, 1.54) is 0 Å². The van der Waals surface area contributed by atoms with Gasteiger partial charge in [0.15, 0.2) is 0 Å². The molecule has 0 radical (unpaired) electrons. The number of rotatable bonds is 3. The van der Waals surface area contributed by atoms with Crippen molar-refractivity contribution in [1.29, 1.82) is 0 Å². The van der Waals surface area contributed by atoms with Crippen LogP contribution in [0.1, 0.15) is 10.4 Å². The van der Waals surface area contributed by atoms with E-state index in [4.69, 9.17) is 0 Å². The number of nitrogens with zero attached hydrogens (tertiary/aromatic N) is 1. The number of piperazine rings is 1. The van der Waals surface area contributed by atoms with Crippen molar-refractivity contribution >= 4 is 43.7 Å². The second-order valence-corrected chi connectivity index (χ2v) is 6.21. The molecule has 0 spiro atoms. The SMILES string of the molecule is O=C(NCC(=O)N1CCNCC1)c1ccc(Br)cc1Br. The third kappa shape index (κ3) is 4.04. The molecule has 108 valence electrons. The van der Waals surface area contributed by atoms with E-state index in [1.54, 1.807) is 23.1 Å². The number of halogens is 2. The molecule has 1 aliphatic heterocycles. The first-order valence-electron chi connectivity index (χ1n) is 6.29. The van der Waals surface area contributed by atoms with E-state index in [0.717, 1.165) is 17.6 Å². The largest absolute Gasteiger partial charge is 0.343 e. The van der Waals surface area contributed by atoms with Crippen LogP contribution in [0.3, 0.4) is 0 Å². The van der Waals surface area contributed by atoms with Crippen molar-refractivity contribution in [2.45, 2.75) is 0 Å². The van der Waals surface area contributed by atoms with E-state index < -0.39 is 0 Å². The fourth-order valence-electron chi connectivity index (χ4n) is 1.95. The monoisotopic (exact) mass is 403 g/mol. The lowest BCUT2D eigenvalue weighted by Crippen LogP contribution is -2.49. The van der Waals surface area contributed by atoms with Crippen LogP contribution in [0.15, 0.2) is 27.1 Å². The number of hydrogen-bond donors (Lipinski definition) is 2. The normalized spacial score (nSPS) is 15.0. The molecule has 7 heteroatoms. The molecule has 1 aliphatic rings. The summed E-state index contributed by atoms with van der Waals surface area (Å²) in [6.07, 6.45) is 0. The van der Waals surface area contributed by atoms with E-state index in [0.29, 0.717) is 23.1 Å². The van der Waals surface area contributed by atoms with Gasteiger partial charge < -0.3 is 15.5 Å². The molecular weight excluding hydrogens is 390 g/mol. The second-order valence-electron chi connectivity index (χ2n) is 4.44. The van der Waals surface area contributed by atoms with Crippen molar-refractivity contribution in [1.82, 2.24) is 15.5 Å². The van der Waals surface area contributed by atoms with Crippen LogP contribution in [0.2, 0.25) is 0 Å². The van der Waals surface area contributed by atoms with Gasteiger partial charge in [0.25, 0.3) is 5.91 Å². The molecule has 1 fully saturated rings. The first-order chi connectivity index (χ1) is 9.58. The van der Waals surface area contributed by atoms with Crippen LogP contribution in [0, 0.1) is 0 Å². The van der Waals surface area contributed by atoms with Gasteiger partial charge >= 0.3 is 0 Å². The molecule has 1 aromatic carbocycles. The summed E-state index contributed by atoms with van der Waals surface area (Å²) in [6.45, 7) is 3.02. The number of carbonyl (C=O) groups excluding carboxylic acids is 2. The molecular formula is C13H15Br2N3O2. The van der Waals surface area contributed by atoms with Crippen molar-refractivity contribution < 1.29 is 9.59 Å². The zero-order valence-corrected chi connectivity index (χ0v) is 14.0. The smallest absolute Gasteiger partial charge is 0.252 e. The van der Waals surface area contributed by atoms with Crippen molar-refractivity contribution in [3.05, 3.63) is 32.7 Å². The lowest BCUT2D eigenvalue weighted by Gasteiger charge is -2.27. The van der Waals surface area contributed by atoms with Gasteiger partial charge in [0.05, 0.1) is 12.1 Å². The van der Waals surface area contributed by atoms with Gasteiger partial charge in [-0.3, -0.25) is 9.59 Å². The Hall–Kier alpha value is -0.920. The fourth-order valence-corrected chi connectivity index (χ4v) is 3.18. The Morgan fingerprint density at radius 3 is 2.60 bits per heavy atom. The Morgan fingerprint density at radius 1 is 1.25 bits per heavy atom. The van der Waals surface area contributed by atoms with Crippen molar-refractivity contribution in [2.24, 2.45) is 0 Å². The van der Waals surface area contributed by atoms with Gasteiger partial charge in [-0.2, -0.15) is 0 Å². The van der Waals surface area contributed by atoms with Crippen LogP contribution < -0.4 is 10.6 Å². The van der Waals surface area contributed by atoms with E-state index in [1.807, 2.05) is 0 Å². The van der Waals surface area contributed by atoms with Crippen molar-refractivity contribution in [3.8, 4) is 0 Å². The molecule has 0 aromatic heterocycles. The summed E-state index contributed by atoms with van der Waals surface area (Å²) in [5.74, 6) is -0.305. The molecule has 2 amide bonds. The maximum absolute atomic E-state index is 12.0. The topological polar surface area (TPSA) is 61.4 Å². The minimum atomic E-state index is -0.257. The maximum Gasteiger partial charge on any atom is 0.252 e. The molecule has 2 rings (SSSR count). The summed E-state index contributed by atoms with van der Waals surface area (Å²) in [5, 5.41) is 5.84. The van der Waals surface area contributed by atoms with Gasteiger partial charge in [0.2, 0.25) is 5.91 Å². The molecule has 0 aliphatic carbocycles. The Balaban J connectivity index is 1.89. The van der Waals surface area contributed by atoms with Gasteiger partial charge in [-0.1, -0.05) is 15.9 Å². The van der Waals surface area contributed by atoms with Gasteiger partial charge in [0, 0.05) is 35.1 Å². The number of carbonyl (C=O) groups is 2. The molecule has 1 aromatic rings. The van der Waals surface area contributed by atoms with Gasteiger partial charge in [-0.15, -0.1) is 0 Å². The average Bonchev–Trinajstić information content (AvgIpc) is 2.45. The maximum atomic E-state index is 12.0. The van der Waals surface area contributed by atoms with Gasteiger partial charge in [-0.05, 0) is 34.1 Å². The third-order valence-corrected chi connectivity index (χ3v) is 4.19. The fraction of sp³-hybridized carbons (Fsp3) is 0.385. The minimum Gasteiger partial charge on any atom is -0.343 e.